The third kappa shape index (κ3) is 4.82. The third-order valence-corrected chi connectivity index (χ3v) is 4.11. The van der Waals surface area contributed by atoms with E-state index in [0.29, 0.717) is 6.04 Å². The average molecular weight is 274 g/mol. The van der Waals surface area contributed by atoms with Gasteiger partial charge in [0.25, 0.3) is 0 Å². The second-order valence-electron chi connectivity index (χ2n) is 6.24. The molecule has 20 heavy (non-hydrogen) atoms. The molecule has 0 bridgehead atoms. The summed E-state index contributed by atoms with van der Waals surface area (Å²) in [5.41, 5.74) is 3.04. The van der Waals surface area contributed by atoms with Crippen molar-refractivity contribution in [3.05, 3.63) is 29.8 Å². The van der Waals surface area contributed by atoms with Crippen molar-refractivity contribution in [2.75, 3.05) is 24.5 Å². The smallest absolute Gasteiger partial charge is 0.0398 e. The Hall–Kier alpha value is -1.02. The van der Waals surface area contributed by atoms with Crippen molar-refractivity contribution >= 4 is 5.69 Å². The molecular formula is C18H30N2. The van der Waals surface area contributed by atoms with Crippen LogP contribution in [0.15, 0.2) is 24.3 Å². The van der Waals surface area contributed by atoms with Gasteiger partial charge in [0.1, 0.15) is 0 Å². The van der Waals surface area contributed by atoms with Gasteiger partial charge >= 0.3 is 0 Å². The highest BCUT2D eigenvalue weighted by atomic mass is 15.1. The molecule has 112 valence electrons. The summed E-state index contributed by atoms with van der Waals surface area (Å²) in [5, 5.41) is 3.50. The van der Waals surface area contributed by atoms with Crippen LogP contribution in [-0.2, 0) is 6.42 Å². The molecule has 0 saturated heterocycles. The molecular weight excluding hydrogens is 244 g/mol. The van der Waals surface area contributed by atoms with Crippen LogP contribution < -0.4 is 10.2 Å². The molecule has 0 saturated carbocycles. The van der Waals surface area contributed by atoms with Gasteiger partial charge in [-0.25, -0.2) is 0 Å². The minimum Gasteiger partial charge on any atom is -0.371 e. The van der Waals surface area contributed by atoms with E-state index >= 15 is 0 Å². The molecule has 1 heterocycles. The van der Waals surface area contributed by atoms with Crippen LogP contribution in [0, 0.1) is 0 Å². The van der Waals surface area contributed by atoms with Crippen molar-refractivity contribution in [3.63, 3.8) is 0 Å². The predicted molar refractivity (Wildman–Crippen MR) is 88.6 cm³/mol. The van der Waals surface area contributed by atoms with Crippen molar-refractivity contribution < 1.29 is 0 Å². The molecule has 1 N–H and O–H groups in total. The topological polar surface area (TPSA) is 15.3 Å². The summed E-state index contributed by atoms with van der Waals surface area (Å²) in [4.78, 5) is 2.61. The summed E-state index contributed by atoms with van der Waals surface area (Å²) in [6, 6.07) is 9.60. The molecule has 0 atom stereocenters. The first kappa shape index (κ1) is 15.4. The molecule has 2 heteroatoms. The number of nitrogens with zero attached hydrogens (tertiary/aromatic N) is 1. The Kier molecular flexibility index (Phi) is 6.38. The summed E-state index contributed by atoms with van der Waals surface area (Å²) in [6.07, 6.45) is 7.88. The molecule has 0 amide bonds. The fourth-order valence-corrected chi connectivity index (χ4v) is 3.00. The average Bonchev–Trinajstić information content (AvgIpc) is 2.65. The fraction of sp³-hybridized carbons (Fsp3) is 0.667. The van der Waals surface area contributed by atoms with Gasteiger partial charge in [-0.05, 0) is 50.3 Å². The Morgan fingerprint density at radius 3 is 2.80 bits per heavy atom. The summed E-state index contributed by atoms with van der Waals surface area (Å²) in [5.74, 6) is 0. The molecule has 1 aromatic carbocycles. The second-order valence-corrected chi connectivity index (χ2v) is 6.24. The number of anilines is 1. The Morgan fingerprint density at radius 1 is 1.10 bits per heavy atom. The number of nitrogens with one attached hydrogen (secondary N) is 1. The van der Waals surface area contributed by atoms with Crippen LogP contribution in [0.3, 0.4) is 0 Å². The summed E-state index contributed by atoms with van der Waals surface area (Å²) in [7, 11) is 0. The lowest BCUT2D eigenvalue weighted by Gasteiger charge is -2.25. The predicted octanol–water partition coefficient (Wildman–Crippen LogP) is 4.00. The fourth-order valence-electron chi connectivity index (χ4n) is 3.00. The molecule has 0 spiro atoms. The minimum absolute atomic E-state index is 0.618. The van der Waals surface area contributed by atoms with Crippen LogP contribution in [0.5, 0.6) is 0 Å². The summed E-state index contributed by atoms with van der Waals surface area (Å²) >= 11 is 0. The van der Waals surface area contributed by atoms with E-state index in [9.17, 15) is 0 Å². The molecule has 2 rings (SSSR count). The van der Waals surface area contributed by atoms with Gasteiger partial charge in [0.15, 0.2) is 0 Å². The van der Waals surface area contributed by atoms with Crippen molar-refractivity contribution in [1.29, 1.82) is 0 Å². The number of benzene rings is 1. The van der Waals surface area contributed by atoms with Gasteiger partial charge < -0.3 is 10.2 Å². The quantitative estimate of drug-likeness (QED) is 0.756. The van der Waals surface area contributed by atoms with Crippen LogP contribution in [0.2, 0.25) is 0 Å². The molecule has 0 unspecified atom stereocenters. The van der Waals surface area contributed by atoms with Gasteiger partial charge in [-0.1, -0.05) is 38.5 Å². The van der Waals surface area contributed by atoms with E-state index in [0.717, 1.165) is 6.54 Å². The molecule has 1 aliphatic heterocycles. The number of hydrogen-bond acceptors (Lipinski definition) is 2. The van der Waals surface area contributed by atoms with E-state index in [2.05, 4.69) is 48.3 Å². The van der Waals surface area contributed by atoms with Crippen LogP contribution in [0.4, 0.5) is 5.69 Å². The standard InChI is InChI=1S/C18H30N2/c1-16(2)19-13-7-3-8-14-20-15-9-6-11-17-10-4-5-12-18(17)20/h4-5,10,12,16,19H,3,6-9,11,13-15H2,1-2H3. The van der Waals surface area contributed by atoms with Crippen molar-refractivity contribution in [2.45, 2.75) is 58.4 Å². The normalized spacial score (nSPS) is 15.2. The Bertz CT molecular complexity index is 387. The first-order chi connectivity index (χ1) is 9.77. The molecule has 0 aliphatic carbocycles. The van der Waals surface area contributed by atoms with Gasteiger partial charge in [-0.2, -0.15) is 0 Å². The minimum atomic E-state index is 0.618. The lowest BCUT2D eigenvalue weighted by Crippen LogP contribution is -2.26. The largest absolute Gasteiger partial charge is 0.371 e. The van der Waals surface area contributed by atoms with Crippen molar-refractivity contribution in [1.82, 2.24) is 5.32 Å². The molecule has 0 fully saturated rings. The van der Waals surface area contributed by atoms with Crippen molar-refractivity contribution in [3.8, 4) is 0 Å². The number of hydrogen-bond donors (Lipinski definition) is 1. The number of para-hydroxylation sites is 1. The molecule has 1 aliphatic rings. The zero-order valence-corrected chi connectivity index (χ0v) is 13.2. The van der Waals surface area contributed by atoms with Crippen LogP contribution >= 0.6 is 0 Å². The highest BCUT2D eigenvalue weighted by Gasteiger charge is 2.13. The molecule has 0 radical (unpaired) electrons. The summed E-state index contributed by atoms with van der Waals surface area (Å²) in [6.45, 7) is 8.05. The first-order valence-electron chi connectivity index (χ1n) is 8.33. The van der Waals surface area contributed by atoms with Gasteiger partial charge in [0.2, 0.25) is 0 Å². The number of fused-ring (bicyclic) bond motifs is 1. The molecule has 2 nitrogen and oxygen atoms in total. The number of rotatable bonds is 7. The SMILES string of the molecule is CC(C)NCCCCCN1CCCCc2ccccc21. The van der Waals surface area contributed by atoms with Gasteiger partial charge in [0, 0.05) is 24.8 Å². The number of unbranched alkanes of at least 4 members (excludes halogenated alkanes) is 2. The monoisotopic (exact) mass is 274 g/mol. The maximum atomic E-state index is 3.50. The van der Waals surface area contributed by atoms with Crippen LogP contribution in [0.25, 0.3) is 0 Å². The van der Waals surface area contributed by atoms with Crippen LogP contribution in [0.1, 0.15) is 51.5 Å². The lowest BCUT2D eigenvalue weighted by molar-refractivity contribution is 0.545. The van der Waals surface area contributed by atoms with Crippen molar-refractivity contribution in [2.24, 2.45) is 0 Å². The van der Waals surface area contributed by atoms with Gasteiger partial charge in [0.05, 0.1) is 0 Å². The highest BCUT2D eigenvalue weighted by molar-refractivity contribution is 5.54. The maximum Gasteiger partial charge on any atom is 0.0398 e. The molecule has 0 aromatic heterocycles. The first-order valence-corrected chi connectivity index (χ1v) is 8.33. The van der Waals surface area contributed by atoms with E-state index in [-0.39, 0.29) is 0 Å². The second kappa shape index (κ2) is 8.31. The zero-order chi connectivity index (χ0) is 14.2. The van der Waals surface area contributed by atoms with Crippen LogP contribution in [-0.4, -0.2) is 25.7 Å². The third-order valence-electron chi connectivity index (χ3n) is 4.11. The van der Waals surface area contributed by atoms with E-state index in [1.807, 2.05) is 0 Å². The van der Waals surface area contributed by atoms with Gasteiger partial charge in [-0.15, -0.1) is 0 Å². The summed E-state index contributed by atoms with van der Waals surface area (Å²) < 4.78 is 0. The Morgan fingerprint density at radius 2 is 1.95 bits per heavy atom. The Balaban J connectivity index is 1.75. The highest BCUT2D eigenvalue weighted by Crippen LogP contribution is 2.26. The van der Waals surface area contributed by atoms with E-state index in [4.69, 9.17) is 0 Å². The van der Waals surface area contributed by atoms with Gasteiger partial charge in [-0.3, -0.25) is 0 Å². The maximum absolute atomic E-state index is 3.50. The van der Waals surface area contributed by atoms with E-state index < -0.39 is 0 Å². The Labute approximate surface area is 124 Å². The zero-order valence-electron chi connectivity index (χ0n) is 13.2. The molecule has 1 aromatic rings. The lowest BCUT2D eigenvalue weighted by atomic mass is 10.1. The number of aryl methyl sites for hydroxylation is 1. The van der Waals surface area contributed by atoms with E-state index in [1.165, 1.54) is 57.3 Å². The van der Waals surface area contributed by atoms with E-state index in [1.54, 1.807) is 5.56 Å².